The van der Waals surface area contributed by atoms with Crippen LogP contribution in [0.4, 0.5) is 0 Å². The molecule has 0 aliphatic carbocycles. The fourth-order valence-corrected chi connectivity index (χ4v) is 3.56. The second kappa shape index (κ2) is 6.60. The van der Waals surface area contributed by atoms with Gasteiger partial charge < -0.3 is 10.1 Å². The fraction of sp³-hybridized carbons (Fsp3) is 0.188. The first kappa shape index (κ1) is 15.8. The normalized spacial score (nSPS) is 16.6. The topological polar surface area (TPSA) is 38.3 Å². The molecule has 0 saturated carbocycles. The summed E-state index contributed by atoms with van der Waals surface area (Å²) in [5.74, 6) is 0.622. The Bertz CT molecular complexity index is 736. The molecule has 0 aromatic heterocycles. The number of halogens is 3. The number of hydrogen-bond donors (Lipinski definition) is 1. The van der Waals surface area contributed by atoms with Crippen LogP contribution in [0.2, 0.25) is 5.02 Å². The van der Waals surface area contributed by atoms with E-state index in [1.54, 1.807) is 18.2 Å². The lowest BCUT2D eigenvalue weighted by Crippen LogP contribution is -2.32. The third-order valence-corrected chi connectivity index (χ3v) is 4.79. The first-order valence-corrected chi connectivity index (χ1v) is 8.69. The van der Waals surface area contributed by atoms with Crippen LogP contribution in [-0.2, 0) is 0 Å². The molecule has 0 bridgehead atoms. The van der Waals surface area contributed by atoms with E-state index in [0.29, 0.717) is 17.2 Å². The predicted molar refractivity (Wildman–Crippen MR) is 93.6 cm³/mol. The second-order valence-corrected chi connectivity index (χ2v) is 7.21. The van der Waals surface area contributed by atoms with Crippen LogP contribution >= 0.6 is 43.5 Å². The van der Waals surface area contributed by atoms with E-state index in [2.05, 4.69) is 37.2 Å². The van der Waals surface area contributed by atoms with Crippen LogP contribution in [-0.4, -0.2) is 12.5 Å². The Morgan fingerprint density at radius 2 is 1.91 bits per heavy atom. The largest absolute Gasteiger partial charge is 0.493 e. The van der Waals surface area contributed by atoms with E-state index in [4.69, 9.17) is 16.3 Å². The Labute approximate surface area is 150 Å². The molecule has 114 valence electrons. The van der Waals surface area contributed by atoms with Gasteiger partial charge in [0.25, 0.3) is 5.91 Å². The number of amides is 1. The van der Waals surface area contributed by atoms with Crippen LogP contribution in [0.3, 0.4) is 0 Å². The summed E-state index contributed by atoms with van der Waals surface area (Å²) in [5, 5.41) is 3.46. The Kier molecular flexibility index (Phi) is 4.76. The third-order valence-electron chi connectivity index (χ3n) is 3.49. The maximum absolute atomic E-state index is 12.5. The molecular weight excluding hydrogens is 433 g/mol. The number of hydrogen-bond acceptors (Lipinski definition) is 2. The highest BCUT2D eigenvalue weighted by Gasteiger charge is 2.24. The summed E-state index contributed by atoms with van der Waals surface area (Å²) in [7, 11) is 0. The number of nitrogens with one attached hydrogen (secondary N) is 1. The molecule has 1 heterocycles. The van der Waals surface area contributed by atoms with Gasteiger partial charge in [-0.2, -0.15) is 0 Å². The maximum atomic E-state index is 12.5. The second-order valence-electron chi connectivity index (χ2n) is 4.97. The summed E-state index contributed by atoms with van der Waals surface area (Å²) in [6, 6.07) is 10.9. The highest BCUT2D eigenvalue weighted by molar-refractivity contribution is 9.10. The van der Waals surface area contributed by atoms with Crippen molar-refractivity contribution in [2.24, 2.45) is 0 Å². The molecule has 0 radical (unpaired) electrons. The first-order chi connectivity index (χ1) is 10.5. The Hall–Kier alpha value is -1.04. The molecule has 1 aliphatic rings. The van der Waals surface area contributed by atoms with Gasteiger partial charge in [0.2, 0.25) is 0 Å². The van der Waals surface area contributed by atoms with E-state index in [1.807, 2.05) is 18.2 Å². The molecule has 22 heavy (non-hydrogen) atoms. The van der Waals surface area contributed by atoms with Gasteiger partial charge in [-0.3, -0.25) is 4.79 Å². The van der Waals surface area contributed by atoms with Gasteiger partial charge in [-0.15, -0.1) is 0 Å². The molecule has 0 fully saturated rings. The summed E-state index contributed by atoms with van der Waals surface area (Å²) in [5.41, 5.74) is 1.44. The van der Waals surface area contributed by atoms with Crippen molar-refractivity contribution in [1.29, 1.82) is 0 Å². The van der Waals surface area contributed by atoms with Crippen molar-refractivity contribution in [2.45, 2.75) is 12.5 Å². The third kappa shape index (κ3) is 3.31. The predicted octanol–water partition coefficient (Wildman–Crippen LogP) is 5.12. The monoisotopic (exact) mass is 443 g/mol. The van der Waals surface area contributed by atoms with Gasteiger partial charge in [-0.25, -0.2) is 0 Å². The van der Waals surface area contributed by atoms with Crippen LogP contribution < -0.4 is 10.1 Å². The number of carbonyl (C=O) groups excluding carboxylic acids is 1. The minimum absolute atomic E-state index is 0.0894. The number of fused-ring (bicyclic) bond motifs is 1. The number of benzene rings is 2. The summed E-state index contributed by atoms with van der Waals surface area (Å²) in [6.07, 6.45) is 0.726. The molecule has 3 rings (SSSR count). The van der Waals surface area contributed by atoms with Crippen LogP contribution in [0, 0.1) is 0 Å². The fourth-order valence-electron chi connectivity index (χ4n) is 2.42. The van der Waals surface area contributed by atoms with E-state index in [0.717, 1.165) is 26.7 Å². The van der Waals surface area contributed by atoms with E-state index >= 15 is 0 Å². The number of ether oxygens (including phenoxy) is 1. The van der Waals surface area contributed by atoms with E-state index in [-0.39, 0.29) is 11.9 Å². The minimum Gasteiger partial charge on any atom is -0.493 e. The molecule has 1 atom stereocenters. The zero-order valence-corrected chi connectivity index (χ0v) is 15.3. The number of carbonyl (C=O) groups is 1. The molecule has 0 spiro atoms. The zero-order chi connectivity index (χ0) is 15.7. The quantitative estimate of drug-likeness (QED) is 0.697. The van der Waals surface area contributed by atoms with Gasteiger partial charge in [0.1, 0.15) is 5.75 Å². The molecular formula is C16H12Br2ClNO2. The molecule has 1 unspecified atom stereocenters. The summed E-state index contributed by atoms with van der Waals surface area (Å²) in [4.78, 5) is 12.5. The smallest absolute Gasteiger partial charge is 0.253 e. The van der Waals surface area contributed by atoms with Crippen LogP contribution in [0.1, 0.15) is 28.4 Å². The zero-order valence-electron chi connectivity index (χ0n) is 11.4. The van der Waals surface area contributed by atoms with Crippen LogP contribution in [0.15, 0.2) is 45.3 Å². The standard InChI is InChI=1S/C16H12Br2ClNO2/c17-9-2-4-15-12(7-9)14(5-6-22-15)20-16(21)11-3-1-10(18)8-13(11)19/h1-4,7-8,14H,5-6H2,(H,20,21). The van der Waals surface area contributed by atoms with Crippen molar-refractivity contribution >= 4 is 49.4 Å². The van der Waals surface area contributed by atoms with Crippen molar-refractivity contribution in [1.82, 2.24) is 5.32 Å². The highest BCUT2D eigenvalue weighted by Crippen LogP contribution is 2.34. The van der Waals surface area contributed by atoms with Crippen molar-refractivity contribution in [3.63, 3.8) is 0 Å². The van der Waals surface area contributed by atoms with Gasteiger partial charge in [0, 0.05) is 20.9 Å². The summed E-state index contributed by atoms with van der Waals surface area (Å²) in [6.45, 7) is 0.577. The Morgan fingerprint density at radius 1 is 1.18 bits per heavy atom. The van der Waals surface area contributed by atoms with Crippen molar-refractivity contribution in [3.05, 3.63) is 61.5 Å². The van der Waals surface area contributed by atoms with E-state index in [1.165, 1.54) is 0 Å². The van der Waals surface area contributed by atoms with Gasteiger partial charge in [0.05, 0.1) is 23.2 Å². The van der Waals surface area contributed by atoms with Crippen molar-refractivity contribution in [3.8, 4) is 5.75 Å². The average molecular weight is 446 g/mol. The lowest BCUT2D eigenvalue weighted by molar-refractivity contribution is 0.0925. The summed E-state index contributed by atoms with van der Waals surface area (Å²) < 4.78 is 7.43. The Morgan fingerprint density at radius 3 is 2.68 bits per heavy atom. The van der Waals surface area contributed by atoms with Crippen LogP contribution in [0.5, 0.6) is 5.75 Å². The van der Waals surface area contributed by atoms with Gasteiger partial charge in [0.15, 0.2) is 0 Å². The maximum Gasteiger partial charge on any atom is 0.253 e. The van der Waals surface area contributed by atoms with Crippen molar-refractivity contribution in [2.75, 3.05) is 6.61 Å². The number of rotatable bonds is 2. The SMILES string of the molecule is O=C(NC1CCOc2ccc(Br)cc21)c1ccc(Br)cc1Cl. The minimum atomic E-state index is -0.185. The summed E-state index contributed by atoms with van der Waals surface area (Å²) >= 11 is 12.9. The van der Waals surface area contributed by atoms with Gasteiger partial charge in [-0.1, -0.05) is 43.5 Å². The molecule has 1 amide bonds. The first-order valence-electron chi connectivity index (χ1n) is 6.73. The average Bonchev–Trinajstić information content (AvgIpc) is 2.47. The lowest BCUT2D eigenvalue weighted by Gasteiger charge is -2.27. The molecule has 3 nitrogen and oxygen atoms in total. The lowest BCUT2D eigenvalue weighted by atomic mass is 10.00. The van der Waals surface area contributed by atoms with E-state index in [9.17, 15) is 4.79 Å². The molecule has 2 aromatic rings. The van der Waals surface area contributed by atoms with Gasteiger partial charge >= 0.3 is 0 Å². The molecule has 1 N–H and O–H groups in total. The van der Waals surface area contributed by atoms with Crippen LogP contribution in [0.25, 0.3) is 0 Å². The molecule has 1 aliphatic heterocycles. The van der Waals surface area contributed by atoms with E-state index < -0.39 is 0 Å². The molecule has 6 heteroatoms. The molecule has 2 aromatic carbocycles. The highest BCUT2D eigenvalue weighted by atomic mass is 79.9. The van der Waals surface area contributed by atoms with Gasteiger partial charge in [-0.05, 0) is 36.4 Å². The molecule has 0 saturated heterocycles. The van der Waals surface area contributed by atoms with Crippen molar-refractivity contribution < 1.29 is 9.53 Å². The Balaban J connectivity index is 1.85.